The smallest absolute Gasteiger partial charge is 0.232 e. The van der Waals surface area contributed by atoms with Crippen LogP contribution < -0.4 is 14.8 Å². The summed E-state index contributed by atoms with van der Waals surface area (Å²) in [6, 6.07) is 13.0. The highest BCUT2D eigenvalue weighted by Gasteiger charge is 2.15. The number of nitrogens with zero attached hydrogens (tertiary/aromatic N) is 3. The molecule has 3 rings (SSSR count). The van der Waals surface area contributed by atoms with Gasteiger partial charge in [-0.3, -0.25) is 4.79 Å². The lowest BCUT2D eigenvalue weighted by molar-refractivity contribution is -0.115. The van der Waals surface area contributed by atoms with Crippen molar-refractivity contribution in [2.45, 2.75) is 32.0 Å². The van der Waals surface area contributed by atoms with Gasteiger partial charge in [-0.25, -0.2) is 0 Å². The van der Waals surface area contributed by atoms with E-state index in [-0.39, 0.29) is 12.3 Å². The number of halogens is 1. The molecule has 0 saturated heterocycles. The summed E-state index contributed by atoms with van der Waals surface area (Å²) in [5.41, 5.74) is 1.62. The normalized spacial score (nSPS) is 10.7. The summed E-state index contributed by atoms with van der Waals surface area (Å²) in [6.45, 7) is 5.07. The van der Waals surface area contributed by atoms with Crippen LogP contribution in [0, 0.1) is 6.92 Å². The number of para-hydroxylation sites is 2. The number of thioether (sulfide) groups is 1. The Morgan fingerprint density at radius 1 is 1.19 bits per heavy atom. The average Bonchev–Trinajstić information content (AvgIpc) is 3.15. The van der Waals surface area contributed by atoms with Gasteiger partial charge in [0.15, 0.2) is 16.7 Å². The first-order chi connectivity index (χ1) is 15.0. The Labute approximate surface area is 191 Å². The number of amides is 1. The summed E-state index contributed by atoms with van der Waals surface area (Å²) in [5.74, 6) is 2.54. The van der Waals surface area contributed by atoms with E-state index in [9.17, 15) is 4.79 Å². The number of ether oxygens (including phenoxy) is 2. The van der Waals surface area contributed by atoms with Gasteiger partial charge >= 0.3 is 0 Å². The van der Waals surface area contributed by atoms with Crippen molar-refractivity contribution >= 4 is 35.0 Å². The molecule has 2 aromatic carbocycles. The number of nitrogens with one attached hydrogen (secondary N) is 1. The zero-order valence-corrected chi connectivity index (χ0v) is 19.3. The lowest BCUT2D eigenvalue weighted by atomic mass is 10.2. The van der Waals surface area contributed by atoms with Crippen LogP contribution in [0.25, 0.3) is 0 Å². The Kier molecular flexibility index (Phi) is 8.20. The standard InChI is InChI=1S/C22H25ClN4O3S/c1-4-27-20(14-21(28)24-16-10-9-15(2)17(23)13-16)25-26-22(27)31-12-11-30-19-8-6-5-7-18(19)29-3/h5-10,13H,4,11-12,14H2,1-3H3,(H,24,28). The molecule has 1 amide bonds. The molecule has 31 heavy (non-hydrogen) atoms. The highest BCUT2D eigenvalue weighted by Crippen LogP contribution is 2.26. The van der Waals surface area contributed by atoms with E-state index in [0.29, 0.717) is 46.9 Å². The van der Waals surface area contributed by atoms with Gasteiger partial charge in [-0.15, -0.1) is 10.2 Å². The maximum Gasteiger partial charge on any atom is 0.232 e. The Morgan fingerprint density at radius 2 is 1.97 bits per heavy atom. The van der Waals surface area contributed by atoms with Crippen LogP contribution in [-0.2, 0) is 17.8 Å². The Morgan fingerprint density at radius 3 is 2.68 bits per heavy atom. The SMILES string of the molecule is CCn1c(CC(=O)Nc2ccc(C)c(Cl)c2)nnc1SCCOc1ccccc1OC. The van der Waals surface area contributed by atoms with E-state index in [4.69, 9.17) is 21.1 Å². The molecule has 0 spiro atoms. The molecular formula is C22H25ClN4O3S. The minimum atomic E-state index is -0.168. The summed E-state index contributed by atoms with van der Waals surface area (Å²) in [6.07, 6.45) is 0.130. The fraction of sp³-hybridized carbons (Fsp3) is 0.318. The van der Waals surface area contributed by atoms with Gasteiger partial charge in [-0.2, -0.15) is 0 Å². The third-order valence-corrected chi connectivity index (χ3v) is 5.86. The number of aryl methyl sites for hydroxylation is 1. The molecule has 1 N–H and O–H groups in total. The van der Waals surface area contributed by atoms with Gasteiger partial charge in [0.1, 0.15) is 5.82 Å². The first-order valence-corrected chi connectivity index (χ1v) is 11.2. The summed E-state index contributed by atoms with van der Waals surface area (Å²) in [5, 5.41) is 12.7. The Bertz CT molecular complexity index is 1040. The van der Waals surface area contributed by atoms with Gasteiger partial charge in [0.05, 0.1) is 20.1 Å². The zero-order chi connectivity index (χ0) is 22.2. The first kappa shape index (κ1) is 23.0. The molecule has 1 heterocycles. The molecule has 0 unspecified atom stereocenters. The van der Waals surface area contributed by atoms with Gasteiger partial charge in [-0.1, -0.05) is 41.6 Å². The summed E-state index contributed by atoms with van der Waals surface area (Å²) in [7, 11) is 1.62. The van der Waals surface area contributed by atoms with Crippen molar-refractivity contribution in [3.8, 4) is 11.5 Å². The van der Waals surface area contributed by atoms with Crippen LogP contribution in [0.5, 0.6) is 11.5 Å². The predicted molar refractivity (Wildman–Crippen MR) is 123 cm³/mol. The maximum absolute atomic E-state index is 12.5. The number of benzene rings is 2. The van der Waals surface area contributed by atoms with Crippen LogP contribution in [0.1, 0.15) is 18.3 Å². The number of aromatic nitrogens is 3. The Hall–Kier alpha value is -2.71. The zero-order valence-electron chi connectivity index (χ0n) is 17.7. The van der Waals surface area contributed by atoms with E-state index in [1.807, 2.05) is 54.8 Å². The fourth-order valence-corrected chi connectivity index (χ4v) is 3.93. The van der Waals surface area contributed by atoms with Crippen molar-refractivity contribution in [3.63, 3.8) is 0 Å². The monoisotopic (exact) mass is 460 g/mol. The number of hydrogen-bond acceptors (Lipinski definition) is 6. The van der Waals surface area contributed by atoms with Crippen molar-refractivity contribution in [2.75, 3.05) is 24.8 Å². The molecule has 0 saturated carbocycles. The number of rotatable bonds is 10. The number of hydrogen-bond donors (Lipinski definition) is 1. The quantitative estimate of drug-likeness (QED) is 0.351. The van der Waals surface area contributed by atoms with Crippen LogP contribution in [-0.4, -0.2) is 40.1 Å². The number of carbonyl (C=O) groups excluding carboxylic acids is 1. The summed E-state index contributed by atoms with van der Waals surface area (Å²) < 4.78 is 13.0. The Balaban J connectivity index is 1.54. The van der Waals surface area contributed by atoms with E-state index in [2.05, 4.69) is 15.5 Å². The van der Waals surface area contributed by atoms with Crippen molar-refractivity contribution in [1.29, 1.82) is 0 Å². The molecule has 9 heteroatoms. The summed E-state index contributed by atoms with van der Waals surface area (Å²) in [4.78, 5) is 12.5. The van der Waals surface area contributed by atoms with Gasteiger partial charge < -0.3 is 19.4 Å². The highest BCUT2D eigenvalue weighted by atomic mass is 35.5. The maximum atomic E-state index is 12.5. The predicted octanol–water partition coefficient (Wildman–Crippen LogP) is 4.62. The van der Waals surface area contributed by atoms with Crippen LogP contribution in [0.3, 0.4) is 0 Å². The topological polar surface area (TPSA) is 78.3 Å². The molecule has 0 radical (unpaired) electrons. The molecular weight excluding hydrogens is 436 g/mol. The van der Waals surface area contributed by atoms with E-state index in [1.54, 1.807) is 13.2 Å². The van der Waals surface area contributed by atoms with E-state index >= 15 is 0 Å². The van der Waals surface area contributed by atoms with E-state index in [0.717, 1.165) is 10.7 Å². The van der Waals surface area contributed by atoms with E-state index in [1.165, 1.54) is 11.8 Å². The van der Waals surface area contributed by atoms with Gasteiger partial charge in [0.25, 0.3) is 0 Å². The molecule has 0 fully saturated rings. The second-order valence-electron chi connectivity index (χ2n) is 6.68. The minimum Gasteiger partial charge on any atom is -0.493 e. The molecule has 3 aromatic rings. The second kappa shape index (κ2) is 11.1. The first-order valence-electron chi connectivity index (χ1n) is 9.88. The summed E-state index contributed by atoms with van der Waals surface area (Å²) >= 11 is 7.66. The largest absolute Gasteiger partial charge is 0.493 e. The fourth-order valence-electron chi connectivity index (χ4n) is 2.92. The van der Waals surface area contributed by atoms with Gasteiger partial charge in [-0.05, 0) is 43.7 Å². The van der Waals surface area contributed by atoms with Crippen molar-refractivity contribution < 1.29 is 14.3 Å². The molecule has 0 aliphatic heterocycles. The lowest BCUT2D eigenvalue weighted by Gasteiger charge is -2.10. The van der Waals surface area contributed by atoms with Gasteiger partial charge in [0, 0.05) is 23.0 Å². The lowest BCUT2D eigenvalue weighted by Crippen LogP contribution is -2.17. The van der Waals surface area contributed by atoms with Crippen molar-refractivity contribution in [3.05, 3.63) is 58.9 Å². The number of anilines is 1. The molecule has 0 bridgehead atoms. The third kappa shape index (κ3) is 6.15. The number of methoxy groups -OCH3 is 1. The van der Waals surface area contributed by atoms with Gasteiger partial charge in [0.2, 0.25) is 5.91 Å². The van der Waals surface area contributed by atoms with E-state index < -0.39 is 0 Å². The average molecular weight is 461 g/mol. The van der Waals surface area contributed by atoms with Crippen molar-refractivity contribution in [1.82, 2.24) is 14.8 Å². The van der Waals surface area contributed by atoms with Crippen molar-refractivity contribution in [2.24, 2.45) is 0 Å². The molecule has 7 nitrogen and oxygen atoms in total. The van der Waals surface area contributed by atoms with Crippen LogP contribution in [0.15, 0.2) is 47.6 Å². The highest BCUT2D eigenvalue weighted by molar-refractivity contribution is 7.99. The van der Waals surface area contributed by atoms with Crippen LogP contribution in [0.4, 0.5) is 5.69 Å². The third-order valence-electron chi connectivity index (χ3n) is 4.53. The number of carbonyl (C=O) groups is 1. The minimum absolute atomic E-state index is 0.130. The second-order valence-corrected chi connectivity index (χ2v) is 8.15. The molecule has 164 valence electrons. The molecule has 0 atom stereocenters. The molecule has 0 aliphatic carbocycles. The van der Waals surface area contributed by atoms with Crippen LogP contribution >= 0.6 is 23.4 Å². The van der Waals surface area contributed by atoms with Crippen LogP contribution in [0.2, 0.25) is 5.02 Å². The molecule has 0 aliphatic rings. The molecule has 1 aromatic heterocycles.